The molecule has 0 saturated heterocycles. The Labute approximate surface area is 187 Å². The van der Waals surface area contributed by atoms with Gasteiger partial charge in [0, 0.05) is 28.9 Å². The van der Waals surface area contributed by atoms with Gasteiger partial charge in [-0.15, -0.1) is 10.2 Å². The summed E-state index contributed by atoms with van der Waals surface area (Å²) in [4.78, 5) is 23.6. The summed E-state index contributed by atoms with van der Waals surface area (Å²) in [7, 11) is 0. The van der Waals surface area contributed by atoms with E-state index in [9.17, 15) is 9.59 Å². The summed E-state index contributed by atoms with van der Waals surface area (Å²) in [5.74, 6) is -0.267. The Hall–Kier alpha value is -3.43. The maximum absolute atomic E-state index is 12.4. The van der Waals surface area contributed by atoms with Gasteiger partial charge in [-0.3, -0.25) is 9.59 Å². The van der Waals surface area contributed by atoms with Crippen molar-refractivity contribution in [1.82, 2.24) is 19.8 Å². The summed E-state index contributed by atoms with van der Waals surface area (Å²) in [6, 6.07) is 18.0. The van der Waals surface area contributed by atoms with Crippen LogP contribution in [0, 0.1) is 0 Å². The van der Waals surface area contributed by atoms with Crippen LogP contribution in [0.5, 0.6) is 0 Å². The molecule has 2 aromatic heterocycles. The van der Waals surface area contributed by atoms with Crippen molar-refractivity contribution < 1.29 is 9.59 Å². The molecule has 156 valence electrons. The zero-order valence-corrected chi connectivity index (χ0v) is 17.9. The van der Waals surface area contributed by atoms with Gasteiger partial charge in [0.1, 0.15) is 0 Å². The predicted molar refractivity (Wildman–Crippen MR) is 121 cm³/mol. The smallest absolute Gasteiger partial charge is 0.234 e. The number of carbonyl (C=O) groups excluding carboxylic acids is 2. The summed E-state index contributed by atoms with van der Waals surface area (Å²) in [6.07, 6.45) is 0. The normalized spacial score (nSPS) is 10.8. The molecule has 2 aromatic carbocycles. The van der Waals surface area contributed by atoms with Gasteiger partial charge in [0.05, 0.1) is 11.4 Å². The second kappa shape index (κ2) is 9.15. The third-order valence-electron chi connectivity index (χ3n) is 4.17. The Morgan fingerprint density at radius 2 is 1.74 bits per heavy atom. The summed E-state index contributed by atoms with van der Waals surface area (Å²) in [5.41, 5.74) is 3.44. The molecule has 0 spiro atoms. The maximum atomic E-state index is 12.4. The molecule has 0 atom stereocenters. The van der Waals surface area contributed by atoms with E-state index in [-0.39, 0.29) is 17.6 Å². The highest BCUT2D eigenvalue weighted by Crippen LogP contribution is 2.22. The lowest BCUT2D eigenvalue weighted by atomic mass is 10.1. The van der Waals surface area contributed by atoms with Gasteiger partial charge in [-0.2, -0.15) is 9.61 Å². The first-order chi connectivity index (χ1) is 15.0. The lowest BCUT2D eigenvalue weighted by Gasteiger charge is -2.07. The van der Waals surface area contributed by atoms with Gasteiger partial charge in [0.15, 0.2) is 5.65 Å². The van der Waals surface area contributed by atoms with Gasteiger partial charge < -0.3 is 10.6 Å². The minimum Gasteiger partial charge on any atom is -0.326 e. The van der Waals surface area contributed by atoms with E-state index in [1.165, 1.54) is 18.7 Å². The van der Waals surface area contributed by atoms with E-state index in [2.05, 4.69) is 25.9 Å². The number of carbonyl (C=O) groups is 2. The number of anilines is 2. The molecule has 0 saturated carbocycles. The molecular formula is C21H17ClN6O2S. The number of hydrogen-bond donors (Lipinski definition) is 2. The molecule has 2 N–H and O–H groups in total. The molecule has 0 radical (unpaired) electrons. The average Bonchev–Trinajstić information content (AvgIpc) is 3.15. The fourth-order valence-electron chi connectivity index (χ4n) is 2.84. The van der Waals surface area contributed by atoms with Gasteiger partial charge in [-0.25, -0.2) is 0 Å². The monoisotopic (exact) mass is 452 g/mol. The van der Waals surface area contributed by atoms with Crippen LogP contribution in [0.1, 0.15) is 6.92 Å². The molecule has 10 heteroatoms. The number of hydrogen-bond acceptors (Lipinski definition) is 6. The van der Waals surface area contributed by atoms with Crippen LogP contribution < -0.4 is 10.6 Å². The lowest BCUT2D eigenvalue weighted by molar-refractivity contribution is -0.114. The quantitative estimate of drug-likeness (QED) is 0.426. The minimum atomic E-state index is -0.212. The maximum Gasteiger partial charge on any atom is 0.234 e. The molecule has 0 unspecified atom stereocenters. The van der Waals surface area contributed by atoms with Crippen LogP contribution in [0.25, 0.3) is 16.9 Å². The van der Waals surface area contributed by atoms with Crippen LogP contribution in [0.3, 0.4) is 0 Å². The van der Waals surface area contributed by atoms with E-state index in [1.54, 1.807) is 40.9 Å². The van der Waals surface area contributed by atoms with Crippen molar-refractivity contribution in [3.8, 4) is 11.3 Å². The first kappa shape index (κ1) is 20.8. The standard InChI is InChI=1S/C21H17ClN6O2S/c1-13(29)23-16-3-2-4-17(11-16)24-20(30)12-31-21-26-25-19-10-9-18(27-28(19)21)14-5-7-15(22)8-6-14/h2-11H,12H2,1H3,(H,23,29)(H,24,30). The van der Waals surface area contributed by atoms with Gasteiger partial charge >= 0.3 is 0 Å². The molecule has 0 aliphatic heterocycles. The number of rotatable bonds is 6. The number of nitrogens with zero attached hydrogens (tertiary/aromatic N) is 4. The van der Waals surface area contributed by atoms with Crippen molar-refractivity contribution in [3.05, 3.63) is 65.7 Å². The lowest BCUT2D eigenvalue weighted by Crippen LogP contribution is -2.15. The van der Waals surface area contributed by atoms with Crippen LogP contribution in [-0.2, 0) is 9.59 Å². The van der Waals surface area contributed by atoms with Crippen LogP contribution in [0.2, 0.25) is 5.02 Å². The Kier molecular flexibility index (Phi) is 6.15. The molecular weight excluding hydrogens is 436 g/mol. The molecule has 0 aliphatic carbocycles. The molecule has 4 rings (SSSR count). The molecule has 4 aromatic rings. The largest absolute Gasteiger partial charge is 0.326 e. The van der Waals surface area contributed by atoms with Gasteiger partial charge in [-0.1, -0.05) is 41.6 Å². The molecule has 0 bridgehead atoms. The van der Waals surface area contributed by atoms with Crippen molar-refractivity contribution in [2.45, 2.75) is 12.1 Å². The highest BCUT2D eigenvalue weighted by molar-refractivity contribution is 7.99. The van der Waals surface area contributed by atoms with Gasteiger partial charge in [0.25, 0.3) is 0 Å². The van der Waals surface area contributed by atoms with Crippen LogP contribution in [0.15, 0.2) is 65.8 Å². The second-order valence-electron chi connectivity index (χ2n) is 6.58. The molecule has 8 nitrogen and oxygen atoms in total. The number of nitrogens with one attached hydrogen (secondary N) is 2. The third kappa shape index (κ3) is 5.19. The summed E-state index contributed by atoms with van der Waals surface area (Å²) in [6.45, 7) is 1.43. The van der Waals surface area contributed by atoms with Gasteiger partial charge in [-0.05, 0) is 42.5 Å². The Morgan fingerprint density at radius 1 is 1.00 bits per heavy atom. The molecule has 31 heavy (non-hydrogen) atoms. The Morgan fingerprint density at radius 3 is 2.48 bits per heavy atom. The number of benzene rings is 2. The van der Waals surface area contributed by atoms with E-state index in [0.717, 1.165) is 11.3 Å². The SMILES string of the molecule is CC(=O)Nc1cccc(NC(=O)CSc2nnc3ccc(-c4ccc(Cl)cc4)nn23)c1. The van der Waals surface area contributed by atoms with Crippen molar-refractivity contribution in [2.75, 3.05) is 16.4 Å². The summed E-state index contributed by atoms with van der Waals surface area (Å²) in [5, 5.41) is 19.5. The fourth-order valence-corrected chi connectivity index (χ4v) is 3.65. The fraction of sp³-hybridized carbons (Fsp3) is 0.0952. The summed E-state index contributed by atoms with van der Waals surface area (Å²) >= 11 is 7.19. The zero-order valence-electron chi connectivity index (χ0n) is 16.4. The zero-order chi connectivity index (χ0) is 21.8. The predicted octanol–water partition coefficient (Wildman–Crippen LogP) is 4.13. The average molecular weight is 453 g/mol. The molecule has 2 amide bonds. The second-order valence-corrected chi connectivity index (χ2v) is 7.96. The Balaban J connectivity index is 1.45. The highest BCUT2D eigenvalue weighted by Gasteiger charge is 2.12. The third-order valence-corrected chi connectivity index (χ3v) is 5.34. The van der Waals surface area contributed by atoms with Crippen molar-refractivity contribution in [2.24, 2.45) is 0 Å². The van der Waals surface area contributed by atoms with E-state index >= 15 is 0 Å². The molecule has 0 fully saturated rings. The van der Waals surface area contributed by atoms with Crippen LogP contribution in [0.4, 0.5) is 11.4 Å². The first-order valence-electron chi connectivity index (χ1n) is 9.27. The number of halogens is 1. The first-order valence-corrected chi connectivity index (χ1v) is 10.6. The van der Waals surface area contributed by atoms with E-state index < -0.39 is 0 Å². The van der Waals surface area contributed by atoms with E-state index in [4.69, 9.17) is 11.6 Å². The van der Waals surface area contributed by atoms with Crippen molar-refractivity contribution >= 4 is 52.2 Å². The molecule has 2 heterocycles. The van der Waals surface area contributed by atoms with Crippen LogP contribution >= 0.6 is 23.4 Å². The van der Waals surface area contributed by atoms with E-state index in [0.29, 0.717) is 27.2 Å². The highest BCUT2D eigenvalue weighted by atomic mass is 35.5. The number of thioether (sulfide) groups is 1. The number of amides is 2. The molecule has 0 aliphatic rings. The number of aromatic nitrogens is 4. The Bertz CT molecular complexity index is 1260. The van der Waals surface area contributed by atoms with Crippen molar-refractivity contribution in [1.29, 1.82) is 0 Å². The van der Waals surface area contributed by atoms with Gasteiger partial charge in [0.2, 0.25) is 17.0 Å². The topological polar surface area (TPSA) is 101 Å². The van der Waals surface area contributed by atoms with E-state index in [1.807, 2.05) is 24.3 Å². The number of fused-ring (bicyclic) bond motifs is 1. The summed E-state index contributed by atoms with van der Waals surface area (Å²) < 4.78 is 1.61. The van der Waals surface area contributed by atoms with Crippen LogP contribution in [-0.4, -0.2) is 37.4 Å². The minimum absolute atomic E-state index is 0.123. The van der Waals surface area contributed by atoms with Crippen molar-refractivity contribution in [3.63, 3.8) is 0 Å².